The van der Waals surface area contributed by atoms with Gasteiger partial charge in [-0.1, -0.05) is 41.9 Å². The average Bonchev–Trinajstić information content (AvgIpc) is 3.30. The Morgan fingerprint density at radius 2 is 1.69 bits per heavy atom. The van der Waals surface area contributed by atoms with Crippen LogP contribution in [0.5, 0.6) is 5.75 Å². The lowest BCUT2D eigenvalue weighted by Gasteiger charge is -2.34. The van der Waals surface area contributed by atoms with Crippen molar-refractivity contribution < 1.29 is 9.53 Å². The molecular weight excluding hydrogens is 424 g/mol. The predicted molar refractivity (Wildman–Crippen MR) is 130 cm³/mol. The van der Waals surface area contributed by atoms with Crippen LogP contribution >= 0.6 is 11.6 Å². The van der Waals surface area contributed by atoms with E-state index in [0.717, 1.165) is 64.5 Å². The van der Waals surface area contributed by atoms with Gasteiger partial charge in [-0.15, -0.1) is 0 Å². The molecule has 1 N–H and O–H groups in total. The number of para-hydroxylation sites is 2. The van der Waals surface area contributed by atoms with Crippen LogP contribution in [0.3, 0.4) is 0 Å². The standard InChI is InChI=1S/C25H33ClN4O2/c26-23-8-4-5-9-24(23)32-17-16-28-12-14-29(15-13-28)20-25(31)27-18-21-10-11-30(19-21)22-6-2-1-3-7-22/h1-9,21H,10-20H2,(H,27,31). The molecule has 1 atom stereocenters. The van der Waals surface area contributed by atoms with Gasteiger partial charge < -0.3 is 15.0 Å². The van der Waals surface area contributed by atoms with Gasteiger partial charge in [0, 0.05) is 58.0 Å². The number of carbonyl (C=O) groups is 1. The molecule has 0 bridgehead atoms. The molecule has 0 radical (unpaired) electrons. The second kappa shape index (κ2) is 11.5. The Bertz CT molecular complexity index is 858. The lowest BCUT2D eigenvalue weighted by molar-refractivity contribution is -0.122. The van der Waals surface area contributed by atoms with Crippen LogP contribution < -0.4 is 15.0 Å². The number of carbonyl (C=O) groups excluding carboxylic acids is 1. The quantitative estimate of drug-likeness (QED) is 0.628. The monoisotopic (exact) mass is 456 g/mol. The Morgan fingerprint density at radius 3 is 2.47 bits per heavy atom. The molecule has 0 aromatic heterocycles. The summed E-state index contributed by atoms with van der Waals surface area (Å²) in [6, 6.07) is 18.1. The van der Waals surface area contributed by atoms with Crippen LogP contribution in [0.2, 0.25) is 5.02 Å². The summed E-state index contributed by atoms with van der Waals surface area (Å²) in [5.41, 5.74) is 1.27. The number of nitrogens with zero attached hydrogens (tertiary/aromatic N) is 3. The molecule has 2 aromatic carbocycles. The van der Waals surface area contributed by atoms with Crippen LogP contribution in [0.4, 0.5) is 5.69 Å². The van der Waals surface area contributed by atoms with Gasteiger partial charge in [0.15, 0.2) is 0 Å². The summed E-state index contributed by atoms with van der Waals surface area (Å²) in [7, 11) is 0. The van der Waals surface area contributed by atoms with Gasteiger partial charge in [-0.3, -0.25) is 14.6 Å². The van der Waals surface area contributed by atoms with Crippen molar-refractivity contribution in [1.82, 2.24) is 15.1 Å². The lowest BCUT2D eigenvalue weighted by Crippen LogP contribution is -2.50. The van der Waals surface area contributed by atoms with Crippen molar-refractivity contribution >= 4 is 23.2 Å². The summed E-state index contributed by atoms with van der Waals surface area (Å²) in [6.45, 7) is 8.53. The van der Waals surface area contributed by atoms with Crippen molar-refractivity contribution in [3.05, 3.63) is 59.6 Å². The number of nitrogens with one attached hydrogen (secondary N) is 1. The minimum Gasteiger partial charge on any atom is -0.491 e. The summed E-state index contributed by atoms with van der Waals surface area (Å²) in [5, 5.41) is 3.81. The summed E-state index contributed by atoms with van der Waals surface area (Å²) in [6.07, 6.45) is 1.13. The summed E-state index contributed by atoms with van der Waals surface area (Å²) in [4.78, 5) is 19.5. The van der Waals surface area contributed by atoms with E-state index in [1.165, 1.54) is 5.69 Å². The molecule has 32 heavy (non-hydrogen) atoms. The Hall–Kier alpha value is -2.28. The number of piperazine rings is 1. The van der Waals surface area contributed by atoms with Crippen LogP contribution in [0.25, 0.3) is 0 Å². The Kier molecular flexibility index (Phi) is 8.26. The van der Waals surface area contributed by atoms with E-state index < -0.39 is 0 Å². The van der Waals surface area contributed by atoms with E-state index >= 15 is 0 Å². The van der Waals surface area contributed by atoms with Crippen molar-refractivity contribution in [3.63, 3.8) is 0 Å². The number of benzene rings is 2. The highest BCUT2D eigenvalue weighted by Gasteiger charge is 2.24. The SMILES string of the molecule is O=C(CN1CCN(CCOc2ccccc2Cl)CC1)NCC1CCN(c2ccccc2)C1. The van der Waals surface area contributed by atoms with E-state index in [9.17, 15) is 4.79 Å². The zero-order valence-electron chi connectivity index (χ0n) is 18.6. The molecular formula is C25H33ClN4O2. The molecule has 2 fully saturated rings. The number of amides is 1. The van der Waals surface area contributed by atoms with Crippen LogP contribution in [0, 0.1) is 5.92 Å². The molecule has 0 saturated carbocycles. The maximum Gasteiger partial charge on any atom is 0.234 e. The number of halogens is 1. The first-order chi connectivity index (χ1) is 15.7. The zero-order valence-corrected chi connectivity index (χ0v) is 19.3. The Balaban J connectivity index is 1.09. The Labute approximate surface area is 196 Å². The number of ether oxygens (including phenoxy) is 1. The van der Waals surface area contributed by atoms with Gasteiger partial charge in [0.25, 0.3) is 0 Å². The number of rotatable bonds is 9. The molecule has 2 aromatic rings. The number of anilines is 1. The number of hydrogen-bond donors (Lipinski definition) is 1. The maximum absolute atomic E-state index is 12.4. The van der Waals surface area contributed by atoms with E-state index in [1.807, 2.05) is 30.3 Å². The third-order valence-corrected chi connectivity index (χ3v) is 6.64. The van der Waals surface area contributed by atoms with Crippen molar-refractivity contribution in [1.29, 1.82) is 0 Å². The summed E-state index contributed by atoms with van der Waals surface area (Å²) in [5.74, 6) is 1.39. The fourth-order valence-corrected chi connectivity index (χ4v) is 4.60. The zero-order chi connectivity index (χ0) is 22.2. The third kappa shape index (κ3) is 6.61. The summed E-state index contributed by atoms with van der Waals surface area (Å²) >= 11 is 6.13. The highest BCUT2D eigenvalue weighted by molar-refractivity contribution is 6.32. The minimum absolute atomic E-state index is 0.138. The second-order valence-corrected chi connectivity index (χ2v) is 9.04. The molecule has 7 heteroatoms. The molecule has 6 nitrogen and oxygen atoms in total. The second-order valence-electron chi connectivity index (χ2n) is 8.64. The fraction of sp³-hybridized carbons (Fsp3) is 0.480. The minimum atomic E-state index is 0.138. The largest absolute Gasteiger partial charge is 0.491 e. The van der Waals surface area contributed by atoms with Gasteiger partial charge in [-0.25, -0.2) is 0 Å². The fourth-order valence-electron chi connectivity index (χ4n) is 4.41. The topological polar surface area (TPSA) is 48.1 Å². The molecule has 1 unspecified atom stereocenters. The first-order valence-electron chi connectivity index (χ1n) is 11.6. The molecule has 4 rings (SSSR count). The summed E-state index contributed by atoms with van der Waals surface area (Å²) < 4.78 is 5.79. The van der Waals surface area contributed by atoms with Crippen LogP contribution in [-0.2, 0) is 4.79 Å². The van der Waals surface area contributed by atoms with Gasteiger partial charge in [0.05, 0.1) is 11.6 Å². The molecule has 172 valence electrons. The molecule has 1 amide bonds. The molecule has 2 saturated heterocycles. The van der Waals surface area contributed by atoms with Crippen LogP contribution in [0.1, 0.15) is 6.42 Å². The average molecular weight is 457 g/mol. The van der Waals surface area contributed by atoms with Gasteiger partial charge in [0.2, 0.25) is 5.91 Å². The highest BCUT2D eigenvalue weighted by Crippen LogP contribution is 2.23. The van der Waals surface area contributed by atoms with Crippen molar-refractivity contribution in [3.8, 4) is 5.75 Å². The molecule has 2 aliphatic rings. The van der Waals surface area contributed by atoms with Gasteiger partial charge >= 0.3 is 0 Å². The molecule has 2 aliphatic heterocycles. The maximum atomic E-state index is 12.4. The molecule has 0 spiro atoms. The van der Waals surface area contributed by atoms with Crippen molar-refractivity contribution in [2.45, 2.75) is 6.42 Å². The predicted octanol–water partition coefficient (Wildman–Crippen LogP) is 2.98. The Morgan fingerprint density at radius 1 is 0.969 bits per heavy atom. The first-order valence-corrected chi connectivity index (χ1v) is 11.9. The van der Waals surface area contributed by atoms with E-state index in [-0.39, 0.29) is 5.91 Å². The van der Waals surface area contributed by atoms with Crippen molar-refractivity contribution in [2.24, 2.45) is 5.92 Å². The van der Waals surface area contributed by atoms with E-state index in [0.29, 0.717) is 24.1 Å². The van der Waals surface area contributed by atoms with E-state index in [2.05, 4.69) is 44.3 Å². The molecule has 0 aliphatic carbocycles. The van der Waals surface area contributed by atoms with Gasteiger partial charge in [-0.05, 0) is 36.6 Å². The molecule has 2 heterocycles. The van der Waals surface area contributed by atoms with Gasteiger partial charge in [0.1, 0.15) is 12.4 Å². The third-order valence-electron chi connectivity index (χ3n) is 6.33. The van der Waals surface area contributed by atoms with E-state index in [1.54, 1.807) is 0 Å². The van der Waals surface area contributed by atoms with Crippen LogP contribution in [0.15, 0.2) is 54.6 Å². The van der Waals surface area contributed by atoms with E-state index in [4.69, 9.17) is 16.3 Å². The number of hydrogen-bond acceptors (Lipinski definition) is 5. The lowest BCUT2D eigenvalue weighted by atomic mass is 10.1. The smallest absolute Gasteiger partial charge is 0.234 e. The first kappa shape index (κ1) is 22.9. The normalized spacial score (nSPS) is 19.8. The van der Waals surface area contributed by atoms with Crippen molar-refractivity contribution in [2.75, 3.05) is 70.4 Å². The van der Waals surface area contributed by atoms with Crippen LogP contribution in [-0.4, -0.2) is 81.2 Å². The highest BCUT2D eigenvalue weighted by atomic mass is 35.5. The van der Waals surface area contributed by atoms with Gasteiger partial charge in [-0.2, -0.15) is 0 Å².